The first-order chi connectivity index (χ1) is 25.8. The van der Waals surface area contributed by atoms with Crippen LogP contribution in [0.3, 0.4) is 0 Å². The maximum absolute atomic E-state index is 6.40. The predicted molar refractivity (Wildman–Crippen MR) is 220 cm³/mol. The Morgan fingerprint density at radius 3 is 1.54 bits per heavy atom. The van der Waals surface area contributed by atoms with E-state index < -0.39 is 0 Å². The molecule has 1 aromatic heterocycles. The highest BCUT2D eigenvalue weighted by Gasteiger charge is 2.22. The van der Waals surface area contributed by atoms with Gasteiger partial charge in [0.2, 0.25) is 0 Å². The van der Waals surface area contributed by atoms with E-state index in [1.54, 1.807) is 0 Å². The van der Waals surface area contributed by atoms with Crippen molar-refractivity contribution in [3.63, 3.8) is 0 Å². The number of fused-ring (bicyclic) bond motifs is 5. The fourth-order valence-corrected chi connectivity index (χ4v) is 7.83. The zero-order valence-electron chi connectivity index (χ0n) is 28.4. The second-order valence-electron chi connectivity index (χ2n) is 13.3. The third kappa shape index (κ3) is 5.04. The summed E-state index contributed by atoms with van der Waals surface area (Å²) in [4.78, 5) is 2.40. The van der Waals surface area contributed by atoms with Gasteiger partial charge in [-0.05, 0) is 85.8 Å². The van der Waals surface area contributed by atoms with E-state index in [1.807, 2.05) is 12.1 Å². The first-order valence-corrected chi connectivity index (χ1v) is 17.8. The van der Waals surface area contributed by atoms with Crippen molar-refractivity contribution in [2.75, 3.05) is 4.90 Å². The summed E-state index contributed by atoms with van der Waals surface area (Å²) in [6.45, 7) is 0. The van der Waals surface area contributed by atoms with Gasteiger partial charge in [0.25, 0.3) is 0 Å². The van der Waals surface area contributed by atoms with Crippen LogP contribution >= 0.6 is 0 Å². The van der Waals surface area contributed by atoms with Gasteiger partial charge in [-0.25, -0.2) is 0 Å². The fraction of sp³-hybridized carbons (Fsp3) is 0. The van der Waals surface area contributed by atoms with Crippen molar-refractivity contribution in [1.29, 1.82) is 0 Å². The van der Waals surface area contributed by atoms with Gasteiger partial charge < -0.3 is 9.32 Å². The van der Waals surface area contributed by atoms with Crippen molar-refractivity contribution >= 4 is 60.5 Å². The SMILES string of the molecule is c1ccc(N(c2ccc(-c3ccc(-c4cccc5ccccc45)cc3)cc2)c2cccc3oc4ccccc4c23)c(-c2cccc3ccccc23)c1. The van der Waals surface area contributed by atoms with Gasteiger partial charge in [0.1, 0.15) is 11.2 Å². The smallest absolute Gasteiger partial charge is 0.137 e. The van der Waals surface area contributed by atoms with Gasteiger partial charge in [0.05, 0.1) is 16.8 Å². The van der Waals surface area contributed by atoms with Crippen LogP contribution in [0.2, 0.25) is 0 Å². The Morgan fingerprint density at radius 2 is 0.788 bits per heavy atom. The monoisotopic (exact) mass is 663 g/mol. The molecule has 0 aliphatic heterocycles. The average molecular weight is 664 g/mol. The van der Waals surface area contributed by atoms with E-state index in [4.69, 9.17) is 4.42 Å². The minimum atomic E-state index is 0.870. The van der Waals surface area contributed by atoms with Crippen LogP contribution in [0.25, 0.3) is 76.9 Å². The second kappa shape index (κ2) is 12.5. The van der Waals surface area contributed by atoms with Gasteiger partial charge in [0, 0.05) is 16.6 Å². The number of hydrogen-bond acceptors (Lipinski definition) is 2. The van der Waals surface area contributed by atoms with E-state index in [-0.39, 0.29) is 0 Å². The number of rotatable bonds is 6. The standard InChI is InChI=1S/C50H33NO/c1-3-16-40-36(12-1)14-9-20-41(40)38-28-26-34(27-29-38)35-30-32-39(33-31-35)51(47-23-11-25-49-50(47)45-19-6-8-24-48(45)52-49)46-22-7-5-18-44(46)43-21-10-15-37-13-2-4-17-42(37)43/h1-33H. The molecule has 0 aliphatic rings. The molecule has 1 heterocycles. The Bertz CT molecular complexity index is 2890. The maximum Gasteiger partial charge on any atom is 0.137 e. The minimum Gasteiger partial charge on any atom is -0.456 e. The molecule has 0 saturated heterocycles. The lowest BCUT2D eigenvalue weighted by molar-refractivity contribution is 0.669. The lowest BCUT2D eigenvalue weighted by Gasteiger charge is -2.29. The summed E-state index contributed by atoms with van der Waals surface area (Å²) >= 11 is 0. The largest absolute Gasteiger partial charge is 0.456 e. The maximum atomic E-state index is 6.40. The Labute approximate surface area is 302 Å². The van der Waals surface area contributed by atoms with Gasteiger partial charge in [-0.1, -0.05) is 164 Å². The zero-order valence-corrected chi connectivity index (χ0v) is 28.4. The fourth-order valence-electron chi connectivity index (χ4n) is 7.83. The molecule has 0 spiro atoms. The summed E-state index contributed by atoms with van der Waals surface area (Å²) in [5.74, 6) is 0. The number of para-hydroxylation sites is 2. The van der Waals surface area contributed by atoms with Gasteiger partial charge in [0.15, 0.2) is 0 Å². The van der Waals surface area contributed by atoms with Crippen LogP contribution in [-0.4, -0.2) is 0 Å². The Morgan fingerprint density at radius 1 is 0.308 bits per heavy atom. The van der Waals surface area contributed by atoms with Crippen molar-refractivity contribution in [3.8, 4) is 33.4 Å². The van der Waals surface area contributed by atoms with E-state index in [2.05, 4.69) is 193 Å². The number of hydrogen-bond donors (Lipinski definition) is 0. The first kappa shape index (κ1) is 30.0. The number of anilines is 3. The molecular weight excluding hydrogens is 631 g/mol. The highest BCUT2D eigenvalue weighted by Crippen LogP contribution is 2.47. The molecule has 0 fully saturated rings. The van der Waals surface area contributed by atoms with Crippen LogP contribution in [0, 0.1) is 0 Å². The van der Waals surface area contributed by atoms with E-state index in [1.165, 1.54) is 49.4 Å². The second-order valence-corrected chi connectivity index (χ2v) is 13.3. The molecule has 0 unspecified atom stereocenters. The highest BCUT2D eigenvalue weighted by molar-refractivity contribution is 6.14. The van der Waals surface area contributed by atoms with Crippen LogP contribution in [0.15, 0.2) is 205 Å². The highest BCUT2D eigenvalue weighted by atomic mass is 16.3. The van der Waals surface area contributed by atoms with E-state index in [0.717, 1.165) is 44.6 Å². The molecule has 0 amide bonds. The normalized spacial score (nSPS) is 11.5. The summed E-state index contributed by atoms with van der Waals surface area (Å²) in [6.07, 6.45) is 0. The Hall–Kier alpha value is -6.90. The molecule has 244 valence electrons. The minimum absolute atomic E-state index is 0.870. The molecule has 0 bridgehead atoms. The molecule has 9 aromatic carbocycles. The van der Waals surface area contributed by atoms with E-state index in [9.17, 15) is 0 Å². The van der Waals surface area contributed by atoms with Gasteiger partial charge in [-0.15, -0.1) is 0 Å². The van der Waals surface area contributed by atoms with Crippen molar-refractivity contribution in [2.45, 2.75) is 0 Å². The molecule has 0 radical (unpaired) electrons. The molecule has 2 nitrogen and oxygen atoms in total. The summed E-state index contributed by atoms with van der Waals surface area (Å²) < 4.78 is 6.40. The van der Waals surface area contributed by atoms with Crippen LogP contribution in [0.4, 0.5) is 17.1 Å². The molecule has 0 N–H and O–H groups in total. The summed E-state index contributed by atoms with van der Waals surface area (Å²) in [5.41, 5.74) is 12.2. The number of furan rings is 1. The van der Waals surface area contributed by atoms with Crippen molar-refractivity contribution in [2.24, 2.45) is 0 Å². The quantitative estimate of drug-likeness (QED) is 0.176. The van der Waals surface area contributed by atoms with Gasteiger partial charge >= 0.3 is 0 Å². The molecule has 0 saturated carbocycles. The molecular formula is C50H33NO. The van der Waals surface area contributed by atoms with Crippen LogP contribution in [0.1, 0.15) is 0 Å². The van der Waals surface area contributed by atoms with Crippen molar-refractivity contribution in [1.82, 2.24) is 0 Å². The van der Waals surface area contributed by atoms with Crippen LogP contribution in [0.5, 0.6) is 0 Å². The number of benzene rings is 9. The van der Waals surface area contributed by atoms with Crippen LogP contribution < -0.4 is 4.90 Å². The van der Waals surface area contributed by atoms with E-state index >= 15 is 0 Å². The van der Waals surface area contributed by atoms with Crippen molar-refractivity contribution < 1.29 is 4.42 Å². The van der Waals surface area contributed by atoms with Crippen LogP contribution in [-0.2, 0) is 0 Å². The average Bonchev–Trinajstić information content (AvgIpc) is 3.61. The predicted octanol–water partition coefficient (Wildman–Crippen LogP) is 14.4. The zero-order chi connectivity index (χ0) is 34.4. The summed E-state index contributed by atoms with van der Waals surface area (Å²) in [7, 11) is 0. The lowest BCUT2D eigenvalue weighted by atomic mass is 9.95. The first-order valence-electron chi connectivity index (χ1n) is 17.8. The molecule has 10 aromatic rings. The molecule has 52 heavy (non-hydrogen) atoms. The van der Waals surface area contributed by atoms with Gasteiger partial charge in [-0.2, -0.15) is 0 Å². The summed E-state index contributed by atoms with van der Waals surface area (Å²) in [6, 6.07) is 71.7. The Kier molecular flexibility index (Phi) is 7.18. The molecule has 10 rings (SSSR count). The van der Waals surface area contributed by atoms with Crippen molar-refractivity contribution in [3.05, 3.63) is 200 Å². The van der Waals surface area contributed by atoms with Gasteiger partial charge in [-0.3, -0.25) is 0 Å². The lowest BCUT2D eigenvalue weighted by Crippen LogP contribution is -2.11. The third-order valence-corrected chi connectivity index (χ3v) is 10.3. The molecule has 2 heteroatoms. The topological polar surface area (TPSA) is 16.4 Å². The number of nitrogens with zero attached hydrogens (tertiary/aromatic N) is 1. The Balaban J connectivity index is 1.12. The summed E-state index contributed by atoms with van der Waals surface area (Å²) in [5, 5.41) is 7.17. The third-order valence-electron chi connectivity index (χ3n) is 10.3. The molecule has 0 aliphatic carbocycles. The van der Waals surface area contributed by atoms with E-state index in [0.29, 0.717) is 0 Å². The molecule has 0 atom stereocenters.